The Morgan fingerprint density at radius 3 is 2.09 bits per heavy atom. The van der Waals surface area contributed by atoms with E-state index in [0.717, 1.165) is 28.2 Å². The molecule has 0 aliphatic rings. The van der Waals surface area contributed by atoms with E-state index in [-0.39, 0.29) is 0 Å². The molecule has 6 aromatic rings. The number of nitrogens with one attached hydrogen (secondary N) is 1. The lowest BCUT2D eigenvalue weighted by atomic mass is 10.1. The van der Waals surface area contributed by atoms with E-state index in [4.69, 9.17) is 0 Å². The third-order valence-electron chi connectivity index (χ3n) is 5.02. The molecule has 154 valence electrons. The number of hydrogen-bond acceptors (Lipinski definition) is 4. The molecule has 0 unspecified atom stereocenters. The topological polar surface area (TPSA) is 72.3 Å². The maximum Gasteiger partial charge on any atom is 0.0733 e. The van der Waals surface area contributed by atoms with Gasteiger partial charge >= 0.3 is 0 Å². The smallest absolute Gasteiger partial charge is 0.0733 e. The molecule has 0 saturated heterocycles. The van der Waals surface area contributed by atoms with Crippen LogP contribution in [0.25, 0.3) is 39.0 Å². The highest BCUT2D eigenvalue weighted by Crippen LogP contribution is 2.24. The Bertz CT molecular complexity index is 1400. The molecule has 0 saturated carbocycles. The SMILES string of the molecule is c1ccc(-c2cn[nH]c2)nc1.c1ccc(-c2cnn(-c3cccc4ccccc34)c2)nc1. The van der Waals surface area contributed by atoms with Gasteiger partial charge in [0, 0.05) is 41.3 Å². The summed E-state index contributed by atoms with van der Waals surface area (Å²) >= 11 is 0. The third kappa shape index (κ3) is 4.15. The molecular formula is C26H20N6. The number of aromatic amines is 1. The van der Waals surface area contributed by atoms with Crippen molar-refractivity contribution >= 4 is 10.8 Å². The molecule has 4 aromatic heterocycles. The van der Waals surface area contributed by atoms with Crippen molar-refractivity contribution < 1.29 is 0 Å². The second-order valence-electron chi connectivity index (χ2n) is 7.09. The van der Waals surface area contributed by atoms with Crippen molar-refractivity contribution in [1.82, 2.24) is 29.9 Å². The predicted molar refractivity (Wildman–Crippen MR) is 126 cm³/mol. The first-order valence-corrected chi connectivity index (χ1v) is 10.2. The highest BCUT2D eigenvalue weighted by molar-refractivity contribution is 5.90. The fourth-order valence-electron chi connectivity index (χ4n) is 3.45. The summed E-state index contributed by atoms with van der Waals surface area (Å²) in [6, 6.07) is 26.3. The summed E-state index contributed by atoms with van der Waals surface area (Å²) in [5.41, 5.74) is 5.00. The number of fused-ring (bicyclic) bond motifs is 1. The molecule has 0 amide bonds. The highest BCUT2D eigenvalue weighted by Gasteiger charge is 2.06. The van der Waals surface area contributed by atoms with Gasteiger partial charge in [0.25, 0.3) is 0 Å². The van der Waals surface area contributed by atoms with Crippen LogP contribution in [0.5, 0.6) is 0 Å². The first-order valence-electron chi connectivity index (χ1n) is 10.2. The quantitative estimate of drug-likeness (QED) is 0.410. The lowest BCUT2D eigenvalue weighted by molar-refractivity contribution is 0.888. The average Bonchev–Trinajstić information content (AvgIpc) is 3.58. The second kappa shape index (κ2) is 9.06. The van der Waals surface area contributed by atoms with Crippen molar-refractivity contribution in [1.29, 1.82) is 0 Å². The van der Waals surface area contributed by atoms with Gasteiger partial charge in [0.2, 0.25) is 0 Å². The number of pyridine rings is 2. The zero-order chi connectivity index (χ0) is 21.6. The zero-order valence-electron chi connectivity index (χ0n) is 17.2. The Balaban J connectivity index is 0.000000165. The van der Waals surface area contributed by atoms with Gasteiger partial charge in [0.1, 0.15) is 0 Å². The molecule has 6 rings (SSSR count). The predicted octanol–water partition coefficient (Wildman–Crippen LogP) is 5.56. The van der Waals surface area contributed by atoms with E-state index in [1.165, 1.54) is 10.8 Å². The molecule has 1 N–H and O–H groups in total. The molecule has 32 heavy (non-hydrogen) atoms. The highest BCUT2D eigenvalue weighted by atomic mass is 15.3. The maximum atomic E-state index is 4.49. The molecule has 0 atom stereocenters. The average molecular weight is 416 g/mol. The summed E-state index contributed by atoms with van der Waals surface area (Å²) in [7, 11) is 0. The fraction of sp³-hybridized carbons (Fsp3) is 0. The molecule has 0 fully saturated rings. The molecule has 0 aliphatic carbocycles. The van der Waals surface area contributed by atoms with Gasteiger partial charge in [-0.1, -0.05) is 48.5 Å². The van der Waals surface area contributed by atoms with E-state index in [0.29, 0.717) is 0 Å². The summed E-state index contributed by atoms with van der Waals surface area (Å²) in [6.07, 6.45) is 11.0. The maximum absolute atomic E-state index is 4.49. The summed E-state index contributed by atoms with van der Waals surface area (Å²) in [4.78, 5) is 8.53. The second-order valence-corrected chi connectivity index (χ2v) is 7.09. The molecule has 6 nitrogen and oxygen atoms in total. The van der Waals surface area contributed by atoms with Crippen LogP contribution in [0.15, 0.2) is 116 Å². The minimum Gasteiger partial charge on any atom is -0.285 e. The van der Waals surface area contributed by atoms with Gasteiger partial charge in [0.15, 0.2) is 0 Å². The van der Waals surface area contributed by atoms with Gasteiger partial charge in [-0.2, -0.15) is 10.2 Å². The number of rotatable bonds is 3. The molecule has 0 bridgehead atoms. The van der Waals surface area contributed by atoms with Gasteiger partial charge in [0.05, 0.1) is 29.5 Å². The standard InChI is InChI=1S/C18H13N3.C8H7N3/c1-2-8-16-14(6-1)7-5-10-18(16)21-13-15(12-20-21)17-9-3-4-11-19-17;1-2-4-9-8(3-1)7-5-10-11-6-7/h1-13H;1-6H,(H,10,11). The summed E-state index contributed by atoms with van der Waals surface area (Å²) in [5, 5.41) is 13.5. The lowest BCUT2D eigenvalue weighted by Gasteiger charge is -2.06. The van der Waals surface area contributed by atoms with Crippen molar-refractivity contribution in [2.24, 2.45) is 0 Å². The summed E-state index contributed by atoms with van der Waals surface area (Å²) in [6.45, 7) is 0. The fourth-order valence-corrected chi connectivity index (χ4v) is 3.45. The Morgan fingerprint density at radius 1 is 0.656 bits per heavy atom. The zero-order valence-corrected chi connectivity index (χ0v) is 17.2. The molecule has 4 heterocycles. The normalized spacial score (nSPS) is 10.5. The van der Waals surface area contributed by atoms with Crippen LogP contribution in [0.4, 0.5) is 0 Å². The third-order valence-corrected chi connectivity index (χ3v) is 5.02. The van der Waals surface area contributed by atoms with Crippen LogP contribution in [0.3, 0.4) is 0 Å². The molecule has 0 spiro atoms. The number of hydrogen-bond donors (Lipinski definition) is 1. The van der Waals surface area contributed by atoms with Crippen LogP contribution >= 0.6 is 0 Å². The summed E-state index contributed by atoms with van der Waals surface area (Å²) in [5.74, 6) is 0. The minimum absolute atomic E-state index is 0.934. The molecule has 0 radical (unpaired) electrons. The summed E-state index contributed by atoms with van der Waals surface area (Å²) < 4.78 is 1.91. The lowest BCUT2D eigenvalue weighted by Crippen LogP contribution is -1.94. The van der Waals surface area contributed by atoms with Crippen LogP contribution in [0, 0.1) is 0 Å². The van der Waals surface area contributed by atoms with Crippen LogP contribution in [0.2, 0.25) is 0 Å². The Hall–Kier alpha value is -4.58. The van der Waals surface area contributed by atoms with Gasteiger partial charge in [-0.05, 0) is 35.7 Å². The van der Waals surface area contributed by atoms with Crippen molar-refractivity contribution in [3.05, 3.63) is 116 Å². The van der Waals surface area contributed by atoms with E-state index < -0.39 is 0 Å². The van der Waals surface area contributed by atoms with Crippen molar-refractivity contribution in [2.75, 3.05) is 0 Å². The van der Waals surface area contributed by atoms with Crippen molar-refractivity contribution in [3.63, 3.8) is 0 Å². The van der Waals surface area contributed by atoms with Crippen LogP contribution in [-0.2, 0) is 0 Å². The number of benzene rings is 2. The van der Waals surface area contributed by atoms with Gasteiger partial charge in [-0.15, -0.1) is 0 Å². The van der Waals surface area contributed by atoms with Gasteiger partial charge in [-0.25, -0.2) is 4.68 Å². The molecule has 2 aromatic carbocycles. The van der Waals surface area contributed by atoms with Crippen LogP contribution in [0.1, 0.15) is 0 Å². The molecular weight excluding hydrogens is 396 g/mol. The van der Waals surface area contributed by atoms with Gasteiger partial charge < -0.3 is 0 Å². The monoisotopic (exact) mass is 416 g/mol. The largest absolute Gasteiger partial charge is 0.285 e. The first-order chi connectivity index (χ1) is 15.9. The Morgan fingerprint density at radius 2 is 1.38 bits per heavy atom. The van der Waals surface area contributed by atoms with Crippen LogP contribution < -0.4 is 0 Å². The number of aromatic nitrogens is 6. The van der Waals surface area contributed by atoms with E-state index >= 15 is 0 Å². The van der Waals surface area contributed by atoms with E-state index in [2.05, 4.69) is 67.7 Å². The van der Waals surface area contributed by atoms with Crippen molar-refractivity contribution in [2.45, 2.75) is 0 Å². The Labute approximate surface area is 185 Å². The first kappa shape index (κ1) is 19.4. The Kier molecular flexibility index (Phi) is 5.49. The number of H-pyrrole nitrogens is 1. The van der Waals surface area contributed by atoms with E-state index in [1.807, 2.05) is 59.7 Å². The number of nitrogens with zero attached hydrogens (tertiary/aromatic N) is 5. The molecule has 6 heteroatoms. The molecule has 0 aliphatic heterocycles. The van der Waals surface area contributed by atoms with Crippen molar-refractivity contribution in [3.8, 4) is 28.2 Å². The van der Waals surface area contributed by atoms with E-state index in [1.54, 1.807) is 18.6 Å². The van der Waals surface area contributed by atoms with Gasteiger partial charge in [-0.3, -0.25) is 15.1 Å². The van der Waals surface area contributed by atoms with Crippen LogP contribution in [-0.4, -0.2) is 29.9 Å². The van der Waals surface area contributed by atoms with E-state index in [9.17, 15) is 0 Å². The minimum atomic E-state index is 0.934.